The molecule has 1 aliphatic heterocycles. The minimum absolute atomic E-state index is 0.266. The van der Waals surface area contributed by atoms with Gasteiger partial charge in [-0.05, 0) is 12.5 Å². The first-order chi connectivity index (χ1) is 8.66. The van der Waals surface area contributed by atoms with Crippen molar-refractivity contribution < 1.29 is 9.59 Å². The highest BCUT2D eigenvalue weighted by molar-refractivity contribution is 6.30. The molecule has 0 bridgehead atoms. The number of amides is 2. The SMILES string of the molecule is O=C(NC(=O)C1CC=CCN1)c1cncc(Cl)c1. The highest BCUT2D eigenvalue weighted by Crippen LogP contribution is 2.08. The molecule has 6 heteroatoms. The van der Waals surface area contributed by atoms with E-state index in [9.17, 15) is 9.59 Å². The van der Waals surface area contributed by atoms with E-state index in [-0.39, 0.29) is 17.5 Å². The molecule has 1 atom stereocenters. The molecule has 0 spiro atoms. The van der Waals surface area contributed by atoms with Crippen molar-refractivity contribution >= 4 is 23.4 Å². The van der Waals surface area contributed by atoms with Gasteiger partial charge in [0.05, 0.1) is 16.6 Å². The molecule has 1 aliphatic rings. The molecule has 0 radical (unpaired) electrons. The second kappa shape index (κ2) is 5.75. The minimum Gasteiger partial charge on any atom is -0.302 e. The molecule has 1 aromatic heterocycles. The van der Waals surface area contributed by atoms with Crippen molar-refractivity contribution in [3.8, 4) is 0 Å². The zero-order chi connectivity index (χ0) is 13.0. The van der Waals surface area contributed by atoms with Crippen molar-refractivity contribution in [3.05, 3.63) is 41.2 Å². The Morgan fingerprint density at radius 3 is 2.89 bits per heavy atom. The van der Waals surface area contributed by atoms with Gasteiger partial charge in [0, 0.05) is 18.9 Å². The Balaban J connectivity index is 1.99. The van der Waals surface area contributed by atoms with Gasteiger partial charge < -0.3 is 5.32 Å². The zero-order valence-electron chi connectivity index (χ0n) is 9.52. The largest absolute Gasteiger partial charge is 0.302 e. The van der Waals surface area contributed by atoms with Crippen LogP contribution in [0.5, 0.6) is 0 Å². The average molecular weight is 266 g/mol. The third-order valence-electron chi connectivity index (χ3n) is 2.54. The molecule has 94 valence electrons. The van der Waals surface area contributed by atoms with E-state index in [4.69, 9.17) is 11.6 Å². The number of hydrogen-bond acceptors (Lipinski definition) is 4. The number of nitrogens with one attached hydrogen (secondary N) is 2. The van der Waals surface area contributed by atoms with Gasteiger partial charge in [0.2, 0.25) is 5.91 Å². The summed E-state index contributed by atoms with van der Waals surface area (Å²) >= 11 is 5.73. The summed E-state index contributed by atoms with van der Waals surface area (Å²) < 4.78 is 0. The summed E-state index contributed by atoms with van der Waals surface area (Å²) in [4.78, 5) is 27.4. The number of nitrogens with zero attached hydrogens (tertiary/aromatic N) is 1. The maximum Gasteiger partial charge on any atom is 0.259 e. The molecular formula is C12H12ClN3O2. The molecule has 0 saturated heterocycles. The Bertz CT molecular complexity index is 502. The summed E-state index contributed by atoms with van der Waals surface area (Å²) in [6.45, 7) is 0.630. The molecule has 0 saturated carbocycles. The number of imide groups is 1. The molecular weight excluding hydrogens is 254 g/mol. The zero-order valence-corrected chi connectivity index (χ0v) is 10.3. The Kier molecular flexibility index (Phi) is 4.07. The van der Waals surface area contributed by atoms with Crippen LogP contribution >= 0.6 is 11.6 Å². The van der Waals surface area contributed by atoms with Crippen molar-refractivity contribution in [3.63, 3.8) is 0 Å². The van der Waals surface area contributed by atoms with E-state index in [1.54, 1.807) is 0 Å². The van der Waals surface area contributed by atoms with E-state index in [1.165, 1.54) is 18.5 Å². The number of carbonyl (C=O) groups excluding carboxylic acids is 2. The van der Waals surface area contributed by atoms with E-state index < -0.39 is 5.91 Å². The third-order valence-corrected chi connectivity index (χ3v) is 2.75. The summed E-state index contributed by atoms with van der Waals surface area (Å²) in [5, 5.41) is 5.67. The van der Waals surface area contributed by atoms with E-state index in [0.29, 0.717) is 18.0 Å². The summed E-state index contributed by atoms with van der Waals surface area (Å²) in [5.41, 5.74) is 0.266. The molecule has 5 nitrogen and oxygen atoms in total. The fourth-order valence-electron chi connectivity index (χ4n) is 1.62. The predicted molar refractivity (Wildman–Crippen MR) is 67.3 cm³/mol. The molecule has 0 aliphatic carbocycles. The maximum atomic E-state index is 11.8. The van der Waals surface area contributed by atoms with E-state index in [0.717, 1.165) is 0 Å². The smallest absolute Gasteiger partial charge is 0.259 e. The van der Waals surface area contributed by atoms with Gasteiger partial charge in [0.1, 0.15) is 0 Å². The highest BCUT2D eigenvalue weighted by atomic mass is 35.5. The first-order valence-corrected chi connectivity index (χ1v) is 5.89. The van der Waals surface area contributed by atoms with Crippen molar-refractivity contribution in [1.82, 2.24) is 15.6 Å². The highest BCUT2D eigenvalue weighted by Gasteiger charge is 2.20. The van der Waals surface area contributed by atoms with Crippen molar-refractivity contribution in [2.75, 3.05) is 6.54 Å². The van der Waals surface area contributed by atoms with E-state index in [1.807, 2.05) is 12.2 Å². The van der Waals surface area contributed by atoms with Crippen LogP contribution in [0.4, 0.5) is 0 Å². The number of pyridine rings is 1. The van der Waals surface area contributed by atoms with Crippen LogP contribution in [0.2, 0.25) is 5.02 Å². The molecule has 2 rings (SSSR count). The molecule has 2 amide bonds. The van der Waals surface area contributed by atoms with Crippen molar-refractivity contribution in [2.24, 2.45) is 0 Å². The molecule has 1 aromatic rings. The van der Waals surface area contributed by atoms with Gasteiger partial charge in [-0.3, -0.25) is 19.9 Å². The second-order valence-electron chi connectivity index (χ2n) is 3.88. The lowest BCUT2D eigenvalue weighted by atomic mass is 10.1. The van der Waals surface area contributed by atoms with Gasteiger partial charge in [-0.15, -0.1) is 0 Å². The van der Waals surface area contributed by atoms with Crippen LogP contribution in [-0.2, 0) is 4.79 Å². The van der Waals surface area contributed by atoms with Crippen molar-refractivity contribution in [1.29, 1.82) is 0 Å². The van der Waals surface area contributed by atoms with Gasteiger partial charge in [-0.25, -0.2) is 0 Å². The quantitative estimate of drug-likeness (QED) is 0.616. The van der Waals surface area contributed by atoms with Crippen LogP contribution < -0.4 is 10.6 Å². The normalized spacial score (nSPS) is 18.4. The minimum atomic E-state index is -0.494. The summed E-state index contributed by atoms with van der Waals surface area (Å²) in [6.07, 6.45) is 7.21. The Morgan fingerprint density at radius 1 is 1.39 bits per heavy atom. The van der Waals surface area contributed by atoms with Gasteiger partial charge in [0.15, 0.2) is 0 Å². The first-order valence-electron chi connectivity index (χ1n) is 5.51. The van der Waals surface area contributed by atoms with Gasteiger partial charge in [-0.2, -0.15) is 0 Å². The fraction of sp³-hybridized carbons (Fsp3) is 0.250. The topological polar surface area (TPSA) is 71.1 Å². The fourth-order valence-corrected chi connectivity index (χ4v) is 1.79. The van der Waals surface area contributed by atoms with Crippen LogP contribution in [0.15, 0.2) is 30.6 Å². The lowest BCUT2D eigenvalue weighted by Gasteiger charge is -2.18. The van der Waals surface area contributed by atoms with Crippen LogP contribution in [0, 0.1) is 0 Å². The molecule has 2 heterocycles. The number of rotatable bonds is 2. The van der Waals surface area contributed by atoms with Crippen LogP contribution in [0.25, 0.3) is 0 Å². The maximum absolute atomic E-state index is 11.8. The first kappa shape index (κ1) is 12.7. The van der Waals surface area contributed by atoms with Crippen LogP contribution in [-0.4, -0.2) is 29.4 Å². The van der Waals surface area contributed by atoms with Gasteiger partial charge >= 0.3 is 0 Å². The third kappa shape index (κ3) is 3.15. The summed E-state index contributed by atoms with van der Waals surface area (Å²) in [5.74, 6) is -0.837. The monoisotopic (exact) mass is 265 g/mol. The predicted octanol–water partition coefficient (Wildman–Crippen LogP) is 0.909. The Hall–Kier alpha value is -1.72. The summed E-state index contributed by atoms with van der Waals surface area (Å²) in [6, 6.07) is 1.09. The van der Waals surface area contributed by atoms with Gasteiger partial charge in [0.25, 0.3) is 5.91 Å². The second-order valence-corrected chi connectivity index (χ2v) is 4.31. The van der Waals surface area contributed by atoms with E-state index >= 15 is 0 Å². The lowest BCUT2D eigenvalue weighted by Crippen LogP contribution is -2.47. The number of hydrogen-bond donors (Lipinski definition) is 2. The molecule has 0 fully saturated rings. The Morgan fingerprint density at radius 2 is 2.22 bits per heavy atom. The standard InChI is InChI=1S/C12H12ClN3O2/c13-9-5-8(6-14-7-9)11(17)16-12(18)10-3-1-2-4-15-10/h1-2,5-7,10,15H,3-4H2,(H,16,17,18). The average Bonchev–Trinajstić information content (AvgIpc) is 2.39. The van der Waals surface area contributed by atoms with Crippen LogP contribution in [0.3, 0.4) is 0 Å². The Labute approximate surface area is 109 Å². The molecule has 2 N–H and O–H groups in total. The lowest BCUT2D eigenvalue weighted by molar-refractivity contribution is -0.122. The number of aromatic nitrogens is 1. The number of carbonyl (C=O) groups is 2. The number of halogens is 1. The van der Waals surface area contributed by atoms with Gasteiger partial charge in [-0.1, -0.05) is 23.8 Å². The van der Waals surface area contributed by atoms with Crippen LogP contribution in [0.1, 0.15) is 16.8 Å². The summed E-state index contributed by atoms with van der Waals surface area (Å²) in [7, 11) is 0. The van der Waals surface area contributed by atoms with E-state index in [2.05, 4.69) is 15.6 Å². The molecule has 18 heavy (non-hydrogen) atoms. The van der Waals surface area contributed by atoms with Crippen molar-refractivity contribution in [2.45, 2.75) is 12.5 Å². The molecule has 1 unspecified atom stereocenters. The molecule has 0 aromatic carbocycles.